The summed E-state index contributed by atoms with van der Waals surface area (Å²) in [6.45, 7) is 0.476. The van der Waals surface area contributed by atoms with E-state index in [1.807, 2.05) is 42.5 Å². The molecule has 0 atom stereocenters. The topological polar surface area (TPSA) is 18.5 Å². The molecule has 2 rings (SSSR count). The van der Waals surface area contributed by atoms with Crippen molar-refractivity contribution < 1.29 is 9.47 Å². The van der Waals surface area contributed by atoms with Gasteiger partial charge < -0.3 is 9.47 Å². The highest BCUT2D eigenvalue weighted by atomic mass is 79.9. The van der Waals surface area contributed by atoms with E-state index in [1.54, 1.807) is 7.11 Å². The van der Waals surface area contributed by atoms with Crippen LogP contribution in [0.1, 0.15) is 11.1 Å². The molecule has 0 amide bonds. The fraction of sp³-hybridized carbons (Fsp3) is 0.200. The summed E-state index contributed by atoms with van der Waals surface area (Å²) in [5.41, 5.74) is 2.09. The third kappa shape index (κ3) is 3.64. The third-order valence-corrected chi connectivity index (χ3v) is 3.81. The fourth-order valence-electron chi connectivity index (χ4n) is 1.69. The van der Waals surface area contributed by atoms with Gasteiger partial charge in [-0.05, 0) is 23.8 Å². The van der Waals surface area contributed by atoms with E-state index in [2.05, 4.69) is 15.9 Å². The Kier molecular flexibility index (Phi) is 5.11. The molecule has 0 spiro atoms. The van der Waals surface area contributed by atoms with Gasteiger partial charge >= 0.3 is 0 Å². The van der Waals surface area contributed by atoms with E-state index >= 15 is 0 Å². The molecule has 0 aliphatic rings. The van der Waals surface area contributed by atoms with Gasteiger partial charge in [0.25, 0.3) is 0 Å². The number of rotatable bonds is 5. The minimum atomic E-state index is 0.454. The van der Waals surface area contributed by atoms with Crippen LogP contribution in [-0.2, 0) is 12.5 Å². The summed E-state index contributed by atoms with van der Waals surface area (Å²) in [6.07, 6.45) is 0. The molecule has 19 heavy (non-hydrogen) atoms. The number of benzene rings is 2. The van der Waals surface area contributed by atoms with Crippen molar-refractivity contribution in [2.24, 2.45) is 0 Å². The Labute approximate surface area is 126 Å². The van der Waals surface area contributed by atoms with Gasteiger partial charge in [0.05, 0.1) is 7.11 Å². The average molecular weight is 342 g/mol. The largest absolute Gasteiger partial charge is 0.493 e. The summed E-state index contributed by atoms with van der Waals surface area (Å²) in [7, 11) is 1.63. The van der Waals surface area contributed by atoms with E-state index in [0.29, 0.717) is 24.0 Å². The van der Waals surface area contributed by atoms with E-state index in [0.717, 1.165) is 15.6 Å². The second kappa shape index (κ2) is 6.83. The number of hydrogen-bond acceptors (Lipinski definition) is 2. The Morgan fingerprint density at radius 2 is 1.89 bits per heavy atom. The van der Waals surface area contributed by atoms with Crippen LogP contribution in [0, 0.1) is 0 Å². The van der Waals surface area contributed by atoms with Crippen LogP contribution in [0.25, 0.3) is 0 Å². The lowest BCUT2D eigenvalue weighted by atomic mass is 10.2. The highest BCUT2D eigenvalue weighted by molar-refractivity contribution is 9.10. The summed E-state index contributed by atoms with van der Waals surface area (Å²) < 4.78 is 12.1. The zero-order valence-corrected chi connectivity index (χ0v) is 12.9. The van der Waals surface area contributed by atoms with Gasteiger partial charge in [-0.25, -0.2) is 0 Å². The molecule has 0 heterocycles. The van der Waals surface area contributed by atoms with Crippen LogP contribution in [0.2, 0.25) is 0 Å². The summed E-state index contributed by atoms with van der Waals surface area (Å²) in [6, 6.07) is 13.7. The first kappa shape index (κ1) is 14.2. The Hall–Kier alpha value is -1.19. The van der Waals surface area contributed by atoms with E-state index in [4.69, 9.17) is 21.1 Å². The lowest BCUT2D eigenvalue weighted by Gasteiger charge is -2.12. The number of alkyl halides is 1. The molecule has 4 heteroatoms. The Bertz CT molecular complexity index is 558. The zero-order valence-electron chi connectivity index (χ0n) is 10.5. The van der Waals surface area contributed by atoms with Crippen LogP contribution in [-0.4, -0.2) is 7.11 Å². The molecule has 0 fully saturated rings. The van der Waals surface area contributed by atoms with Crippen molar-refractivity contribution in [3.05, 3.63) is 58.1 Å². The SMILES string of the molecule is COc1ccc(CCl)cc1OCc1ccccc1Br. The third-order valence-electron chi connectivity index (χ3n) is 2.72. The van der Waals surface area contributed by atoms with Gasteiger partial charge in [0.2, 0.25) is 0 Å². The predicted octanol–water partition coefficient (Wildman–Crippen LogP) is 4.78. The first-order chi connectivity index (χ1) is 9.24. The van der Waals surface area contributed by atoms with Gasteiger partial charge in [0, 0.05) is 15.9 Å². The number of halogens is 2. The van der Waals surface area contributed by atoms with E-state index in [9.17, 15) is 0 Å². The summed E-state index contributed by atoms with van der Waals surface area (Å²) in [5, 5.41) is 0. The second-order valence-corrected chi connectivity index (χ2v) is 5.12. The molecule has 0 unspecified atom stereocenters. The van der Waals surface area contributed by atoms with Gasteiger partial charge in [-0.15, -0.1) is 11.6 Å². The van der Waals surface area contributed by atoms with Crippen molar-refractivity contribution in [3.63, 3.8) is 0 Å². The maximum Gasteiger partial charge on any atom is 0.161 e. The second-order valence-electron chi connectivity index (χ2n) is 4.00. The van der Waals surface area contributed by atoms with Crippen LogP contribution in [0.5, 0.6) is 11.5 Å². The van der Waals surface area contributed by atoms with Gasteiger partial charge in [0.15, 0.2) is 11.5 Å². The molecule has 2 aromatic rings. The van der Waals surface area contributed by atoms with Crippen LogP contribution >= 0.6 is 27.5 Å². The minimum absolute atomic E-state index is 0.454. The standard InChI is InChI=1S/C15H14BrClO2/c1-18-14-7-6-11(9-17)8-15(14)19-10-12-4-2-3-5-13(12)16/h2-8H,9-10H2,1H3. The summed E-state index contributed by atoms with van der Waals surface area (Å²) in [5.74, 6) is 1.87. The average Bonchev–Trinajstić information content (AvgIpc) is 2.46. The summed E-state index contributed by atoms with van der Waals surface area (Å²) >= 11 is 9.33. The van der Waals surface area contributed by atoms with Crippen molar-refractivity contribution in [1.29, 1.82) is 0 Å². The molecular formula is C15H14BrClO2. The van der Waals surface area contributed by atoms with Crippen LogP contribution in [0.4, 0.5) is 0 Å². The van der Waals surface area contributed by atoms with Gasteiger partial charge in [-0.1, -0.05) is 40.2 Å². The first-order valence-electron chi connectivity index (χ1n) is 5.83. The molecule has 0 bridgehead atoms. The lowest BCUT2D eigenvalue weighted by molar-refractivity contribution is 0.283. The molecule has 2 nitrogen and oxygen atoms in total. The monoisotopic (exact) mass is 340 g/mol. The van der Waals surface area contributed by atoms with Crippen molar-refractivity contribution in [2.45, 2.75) is 12.5 Å². The first-order valence-corrected chi connectivity index (χ1v) is 7.16. The molecule has 0 radical (unpaired) electrons. The smallest absolute Gasteiger partial charge is 0.161 e. The maximum atomic E-state index is 5.83. The van der Waals surface area contributed by atoms with Gasteiger partial charge in [-0.2, -0.15) is 0 Å². The maximum absolute atomic E-state index is 5.83. The minimum Gasteiger partial charge on any atom is -0.493 e. The van der Waals surface area contributed by atoms with E-state index in [-0.39, 0.29) is 0 Å². The highest BCUT2D eigenvalue weighted by Gasteiger charge is 2.07. The van der Waals surface area contributed by atoms with Crippen LogP contribution < -0.4 is 9.47 Å². The van der Waals surface area contributed by atoms with Crippen molar-refractivity contribution >= 4 is 27.5 Å². The fourth-order valence-corrected chi connectivity index (χ4v) is 2.25. The molecule has 0 aromatic heterocycles. The van der Waals surface area contributed by atoms with E-state index < -0.39 is 0 Å². The van der Waals surface area contributed by atoms with Gasteiger partial charge in [-0.3, -0.25) is 0 Å². The Morgan fingerprint density at radius 3 is 2.58 bits per heavy atom. The molecular weight excluding hydrogens is 328 g/mol. The Balaban J connectivity index is 2.16. The normalized spacial score (nSPS) is 10.3. The van der Waals surface area contributed by atoms with Crippen molar-refractivity contribution in [2.75, 3.05) is 7.11 Å². The van der Waals surface area contributed by atoms with Crippen molar-refractivity contribution in [1.82, 2.24) is 0 Å². The molecule has 0 N–H and O–H groups in total. The lowest BCUT2D eigenvalue weighted by Crippen LogP contribution is -1.99. The quantitative estimate of drug-likeness (QED) is 0.729. The van der Waals surface area contributed by atoms with Crippen molar-refractivity contribution in [3.8, 4) is 11.5 Å². The van der Waals surface area contributed by atoms with E-state index in [1.165, 1.54) is 0 Å². The Morgan fingerprint density at radius 1 is 1.11 bits per heavy atom. The number of methoxy groups -OCH3 is 1. The zero-order chi connectivity index (χ0) is 13.7. The van der Waals surface area contributed by atoms with Gasteiger partial charge in [0.1, 0.15) is 6.61 Å². The molecule has 0 saturated carbocycles. The molecule has 0 aliphatic carbocycles. The highest BCUT2D eigenvalue weighted by Crippen LogP contribution is 2.30. The van der Waals surface area contributed by atoms with Crippen LogP contribution in [0.15, 0.2) is 46.9 Å². The number of ether oxygens (including phenoxy) is 2. The molecule has 100 valence electrons. The summed E-state index contributed by atoms with van der Waals surface area (Å²) in [4.78, 5) is 0. The molecule has 2 aromatic carbocycles. The number of hydrogen-bond donors (Lipinski definition) is 0. The molecule has 0 aliphatic heterocycles. The predicted molar refractivity (Wildman–Crippen MR) is 81.0 cm³/mol. The van der Waals surface area contributed by atoms with Crippen LogP contribution in [0.3, 0.4) is 0 Å². The molecule has 0 saturated heterocycles.